The van der Waals surface area contributed by atoms with Gasteiger partial charge in [-0.05, 0) is 49.6 Å². The first-order valence-corrected chi connectivity index (χ1v) is 12.6. The third kappa shape index (κ3) is 5.80. The van der Waals surface area contributed by atoms with Gasteiger partial charge in [0.15, 0.2) is 11.0 Å². The summed E-state index contributed by atoms with van der Waals surface area (Å²) in [4.78, 5) is 17.0. The van der Waals surface area contributed by atoms with Gasteiger partial charge in [0.05, 0.1) is 18.4 Å². The Morgan fingerprint density at radius 2 is 2.09 bits per heavy atom. The van der Waals surface area contributed by atoms with Crippen LogP contribution < -0.4 is 10.1 Å². The maximum absolute atomic E-state index is 12.5. The van der Waals surface area contributed by atoms with Crippen molar-refractivity contribution in [2.75, 3.05) is 17.7 Å². The first-order chi connectivity index (χ1) is 17.2. The van der Waals surface area contributed by atoms with Crippen LogP contribution >= 0.6 is 11.8 Å². The standard InChI is InChI=1S/C26H27N5O3S/c1-18-6-2-9-20(14-18)28-24(32)17-35-26-30-29-23(31(26)15-21-10-5-13-33-21)16-34-22-11-3-7-19-8-4-12-27-25(19)22/h2-4,6-9,11-12,14,21H,5,10,13,15-17H2,1H3,(H,28,32). The predicted molar refractivity (Wildman–Crippen MR) is 136 cm³/mol. The van der Waals surface area contributed by atoms with E-state index in [1.165, 1.54) is 11.8 Å². The lowest BCUT2D eigenvalue weighted by Crippen LogP contribution is -2.19. The van der Waals surface area contributed by atoms with Crippen LogP contribution in [0.4, 0.5) is 5.69 Å². The zero-order chi connectivity index (χ0) is 24.0. The van der Waals surface area contributed by atoms with Crippen LogP contribution in [0.3, 0.4) is 0 Å². The minimum Gasteiger partial charge on any atom is -0.483 e. The smallest absolute Gasteiger partial charge is 0.234 e. The first-order valence-electron chi connectivity index (χ1n) is 11.7. The summed E-state index contributed by atoms with van der Waals surface area (Å²) < 4.78 is 14.0. The summed E-state index contributed by atoms with van der Waals surface area (Å²) in [5.41, 5.74) is 2.69. The number of thioether (sulfide) groups is 1. The summed E-state index contributed by atoms with van der Waals surface area (Å²) >= 11 is 1.36. The number of anilines is 1. The van der Waals surface area contributed by atoms with Gasteiger partial charge in [0, 0.05) is 23.9 Å². The summed E-state index contributed by atoms with van der Waals surface area (Å²) in [6, 6.07) is 17.5. The number of benzene rings is 2. The molecule has 0 aliphatic carbocycles. The van der Waals surface area contributed by atoms with Crippen molar-refractivity contribution in [3.8, 4) is 5.75 Å². The van der Waals surface area contributed by atoms with Gasteiger partial charge in [-0.15, -0.1) is 10.2 Å². The average molecular weight is 490 g/mol. The summed E-state index contributed by atoms with van der Waals surface area (Å²) in [5, 5.41) is 13.4. The van der Waals surface area contributed by atoms with E-state index in [9.17, 15) is 4.79 Å². The van der Waals surface area contributed by atoms with Gasteiger partial charge in [-0.3, -0.25) is 9.78 Å². The zero-order valence-corrected chi connectivity index (χ0v) is 20.3. The Labute approximate surface area is 208 Å². The fourth-order valence-corrected chi connectivity index (χ4v) is 4.86. The molecule has 1 fully saturated rings. The monoisotopic (exact) mass is 489 g/mol. The molecule has 3 heterocycles. The van der Waals surface area contributed by atoms with Crippen LogP contribution in [0, 0.1) is 6.92 Å². The third-order valence-electron chi connectivity index (χ3n) is 5.79. The number of nitrogens with zero attached hydrogens (tertiary/aromatic N) is 4. The van der Waals surface area contributed by atoms with E-state index in [1.807, 2.05) is 66.1 Å². The number of aromatic nitrogens is 4. The second kappa shape index (κ2) is 10.9. The molecule has 1 atom stereocenters. The van der Waals surface area contributed by atoms with E-state index in [2.05, 4.69) is 20.5 Å². The SMILES string of the molecule is Cc1cccc(NC(=O)CSc2nnc(COc3cccc4cccnc34)n2CC2CCCO2)c1. The van der Waals surface area contributed by atoms with Crippen molar-refractivity contribution in [3.05, 3.63) is 72.2 Å². The Bertz CT molecular complexity index is 1310. The molecule has 2 aromatic carbocycles. The van der Waals surface area contributed by atoms with Crippen LogP contribution in [-0.4, -0.2) is 44.1 Å². The van der Waals surface area contributed by atoms with Crippen LogP contribution in [0.5, 0.6) is 5.75 Å². The topological polar surface area (TPSA) is 91.2 Å². The zero-order valence-electron chi connectivity index (χ0n) is 19.5. The number of aryl methyl sites for hydroxylation is 1. The van der Waals surface area contributed by atoms with Gasteiger partial charge in [-0.2, -0.15) is 0 Å². The molecule has 180 valence electrons. The van der Waals surface area contributed by atoms with E-state index in [-0.39, 0.29) is 24.4 Å². The number of para-hydroxylation sites is 1. The summed E-state index contributed by atoms with van der Waals surface area (Å²) in [6.45, 7) is 3.63. The van der Waals surface area contributed by atoms with E-state index in [4.69, 9.17) is 9.47 Å². The van der Waals surface area contributed by atoms with Crippen LogP contribution in [-0.2, 0) is 22.7 Å². The molecule has 0 saturated carbocycles. The van der Waals surface area contributed by atoms with Crippen LogP contribution in [0.2, 0.25) is 0 Å². The van der Waals surface area contributed by atoms with Crippen LogP contribution in [0.15, 0.2) is 66.0 Å². The Morgan fingerprint density at radius 1 is 1.20 bits per heavy atom. The Hall–Kier alpha value is -3.43. The molecule has 35 heavy (non-hydrogen) atoms. The van der Waals surface area contributed by atoms with Gasteiger partial charge in [-0.1, -0.05) is 42.1 Å². The van der Waals surface area contributed by atoms with Crippen LogP contribution in [0.25, 0.3) is 10.9 Å². The number of hydrogen-bond acceptors (Lipinski definition) is 7. The van der Waals surface area contributed by atoms with Crippen molar-refractivity contribution in [2.24, 2.45) is 0 Å². The summed E-state index contributed by atoms with van der Waals surface area (Å²) in [7, 11) is 0. The highest BCUT2D eigenvalue weighted by Crippen LogP contribution is 2.26. The quantitative estimate of drug-likeness (QED) is 0.343. The minimum absolute atomic E-state index is 0.0908. The van der Waals surface area contributed by atoms with Crippen molar-refractivity contribution >= 4 is 34.3 Å². The molecule has 1 N–H and O–H groups in total. The maximum atomic E-state index is 12.5. The molecule has 1 saturated heterocycles. The van der Waals surface area contributed by atoms with Crippen molar-refractivity contribution in [2.45, 2.75) is 44.2 Å². The van der Waals surface area contributed by atoms with E-state index in [0.29, 0.717) is 23.3 Å². The number of hydrogen-bond donors (Lipinski definition) is 1. The van der Waals surface area contributed by atoms with Gasteiger partial charge < -0.3 is 19.4 Å². The minimum atomic E-state index is -0.0908. The fourth-order valence-electron chi connectivity index (χ4n) is 4.09. The summed E-state index contributed by atoms with van der Waals surface area (Å²) in [5.74, 6) is 1.52. The van der Waals surface area contributed by atoms with Gasteiger partial charge in [0.1, 0.15) is 17.9 Å². The highest BCUT2D eigenvalue weighted by molar-refractivity contribution is 7.99. The lowest BCUT2D eigenvalue weighted by Gasteiger charge is -2.15. The highest BCUT2D eigenvalue weighted by Gasteiger charge is 2.22. The Morgan fingerprint density at radius 3 is 2.94 bits per heavy atom. The van der Waals surface area contributed by atoms with E-state index in [0.717, 1.165) is 41.6 Å². The molecule has 0 spiro atoms. The van der Waals surface area contributed by atoms with Crippen LogP contribution in [0.1, 0.15) is 24.2 Å². The lowest BCUT2D eigenvalue weighted by molar-refractivity contribution is -0.113. The molecule has 5 rings (SSSR count). The van der Waals surface area contributed by atoms with Gasteiger partial charge >= 0.3 is 0 Å². The molecule has 0 radical (unpaired) electrons. The Kier molecular flexibility index (Phi) is 7.25. The number of carbonyl (C=O) groups excluding carboxylic acids is 1. The number of pyridine rings is 1. The van der Waals surface area contributed by atoms with E-state index in [1.54, 1.807) is 6.20 Å². The van der Waals surface area contributed by atoms with Crippen molar-refractivity contribution < 1.29 is 14.3 Å². The maximum Gasteiger partial charge on any atom is 0.234 e. The average Bonchev–Trinajstić information content (AvgIpc) is 3.52. The molecular weight excluding hydrogens is 462 g/mol. The number of ether oxygens (including phenoxy) is 2. The molecule has 8 nitrogen and oxygen atoms in total. The molecular formula is C26H27N5O3S. The molecule has 9 heteroatoms. The molecule has 2 aromatic heterocycles. The summed E-state index contributed by atoms with van der Waals surface area (Å²) in [6.07, 6.45) is 3.89. The molecule has 1 amide bonds. The number of fused-ring (bicyclic) bond motifs is 1. The lowest BCUT2D eigenvalue weighted by atomic mass is 10.2. The predicted octanol–water partition coefficient (Wildman–Crippen LogP) is 4.62. The molecule has 0 bridgehead atoms. The highest BCUT2D eigenvalue weighted by atomic mass is 32.2. The van der Waals surface area contributed by atoms with Crippen molar-refractivity contribution in [3.63, 3.8) is 0 Å². The molecule has 1 unspecified atom stereocenters. The molecule has 1 aliphatic rings. The van der Waals surface area contributed by atoms with Gasteiger partial charge in [0.2, 0.25) is 5.91 Å². The number of nitrogens with one attached hydrogen (secondary N) is 1. The third-order valence-corrected chi connectivity index (χ3v) is 6.76. The second-order valence-electron chi connectivity index (χ2n) is 8.47. The largest absolute Gasteiger partial charge is 0.483 e. The van der Waals surface area contributed by atoms with E-state index >= 15 is 0 Å². The second-order valence-corrected chi connectivity index (χ2v) is 9.41. The number of rotatable bonds is 9. The van der Waals surface area contributed by atoms with Gasteiger partial charge in [-0.25, -0.2) is 0 Å². The Balaban J connectivity index is 1.29. The first kappa shape index (κ1) is 23.3. The molecule has 4 aromatic rings. The van der Waals surface area contributed by atoms with Crippen molar-refractivity contribution in [1.29, 1.82) is 0 Å². The van der Waals surface area contributed by atoms with Crippen molar-refractivity contribution in [1.82, 2.24) is 19.7 Å². The molecule has 1 aliphatic heterocycles. The normalized spacial score (nSPS) is 15.4. The van der Waals surface area contributed by atoms with Gasteiger partial charge in [0.25, 0.3) is 0 Å². The number of amides is 1. The fraction of sp³-hybridized carbons (Fsp3) is 0.308. The number of carbonyl (C=O) groups is 1. The van der Waals surface area contributed by atoms with E-state index < -0.39 is 0 Å².